The van der Waals surface area contributed by atoms with Gasteiger partial charge in [0.05, 0.1) is 11.4 Å². The fourth-order valence-electron chi connectivity index (χ4n) is 3.01. The number of phenols is 4. The number of aromatic hydroxyl groups is 4. The minimum Gasteiger partial charge on any atom is -0.508 e. The van der Waals surface area contributed by atoms with Gasteiger partial charge in [0, 0.05) is 12.1 Å². The molecular formula is C25H20N4O4. The van der Waals surface area contributed by atoms with Gasteiger partial charge in [-0.15, -0.1) is 10.2 Å². The van der Waals surface area contributed by atoms with Crippen LogP contribution < -0.4 is 0 Å². The SMILES string of the molecule is Oc1ccc(N=Nc2ccc(Cc3ccc(N=Nc4ccc(O)cc4O)cc3)cc2)c(O)c1. The number of hydrogen-bond donors (Lipinski definition) is 4. The van der Waals surface area contributed by atoms with E-state index in [9.17, 15) is 20.4 Å². The molecule has 0 aromatic heterocycles. The van der Waals surface area contributed by atoms with Gasteiger partial charge >= 0.3 is 0 Å². The van der Waals surface area contributed by atoms with Crippen LogP contribution in [-0.4, -0.2) is 20.4 Å². The zero-order valence-electron chi connectivity index (χ0n) is 17.4. The predicted octanol–water partition coefficient (Wildman–Crippen LogP) is 6.93. The van der Waals surface area contributed by atoms with E-state index in [0.717, 1.165) is 11.1 Å². The largest absolute Gasteiger partial charge is 0.508 e. The quantitative estimate of drug-likeness (QED) is 0.242. The third kappa shape index (κ3) is 5.71. The number of benzene rings is 4. The maximum Gasteiger partial charge on any atom is 0.146 e. The van der Waals surface area contributed by atoms with Crippen LogP contribution in [0.4, 0.5) is 22.7 Å². The molecule has 0 aliphatic carbocycles. The van der Waals surface area contributed by atoms with Gasteiger partial charge in [0.15, 0.2) is 0 Å². The highest BCUT2D eigenvalue weighted by Gasteiger charge is 2.03. The molecule has 0 spiro atoms. The first-order chi connectivity index (χ1) is 16.0. The average molecular weight is 440 g/mol. The molecule has 0 saturated carbocycles. The van der Waals surface area contributed by atoms with E-state index in [1.165, 1.54) is 36.4 Å². The lowest BCUT2D eigenvalue weighted by Gasteiger charge is -2.03. The number of phenolic OH excluding ortho intramolecular Hbond substituents is 4. The van der Waals surface area contributed by atoms with Gasteiger partial charge in [0.1, 0.15) is 34.4 Å². The van der Waals surface area contributed by atoms with Crippen molar-refractivity contribution in [2.45, 2.75) is 6.42 Å². The Morgan fingerprint density at radius 3 is 1.21 bits per heavy atom. The van der Waals surface area contributed by atoms with Gasteiger partial charge in [-0.3, -0.25) is 0 Å². The van der Waals surface area contributed by atoms with Crippen molar-refractivity contribution in [1.82, 2.24) is 0 Å². The summed E-state index contributed by atoms with van der Waals surface area (Å²) in [6.45, 7) is 0. The molecule has 0 saturated heterocycles. The van der Waals surface area contributed by atoms with Crippen molar-refractivity contribution in [3.8, 4) is 23.0 Å². The molecule has 8 heteroatoms. The van der Waals surface area contributed by atoms with Crippen molar-refractivity contribution in [3.63, 3.8) is 0 Å². The summed E-state index contributed by atoms with van der Waals surface area (Å²) in [4.78, 5) is 0. The standard InChI is InChI=1S/C25H20N4O4/c30-20-9-11-22(24(32)14-20)28-26-18-5-1-16(2-6-18)13-17-3-7-19(8-4-17)27-29-23-12-10-21(31)15-25(23)33/h1-12,14-15,30-33H,13H2. The van der Waals surface area contributed by atoms with Crippen LogP contribution >= 0.6 is 0 Å². The normalized spacial score (nSPS) is 11.4. The van der Waals surface area contributed by atoms with Crippen molar-refractivity contribution in [3.05, 3.63) is 96.1 Å². The Morgan fingerprint density at radius 2 is 0.848 bits per heavy atom. The molecule has 0 unspecified atom stereocenters. The molecule has 0 atom stereocenters. The first-order valence-electron chi connectivity index (χ1n) is 10.0. The summed E-state index contributed by atoms with van der Waals surface area (Å²) >= 11 is 0. The number of nitrogens with zero attached hydrogens (tertiary/aromatic N) is 4. The molecular weight excluding hydrogens is 420 g/mol. The Labute approximate surface area is 189 Å². The summed E-state index contributed by atoms with van der Waals surface area (Å²) in [6.07, 6.45) is 0.715. The van der Waals surface area contributed by atoms with Crippen molar-refractivity contribution in [2.75, 3.05) is 0 Å². The van der Waals surface area contributed by atoms with E-state index in [1.54, 1.807) is 0 Å². The Balaban J connectivity index is 1.38. The van der Waals surface area contributed by atoms with Crippen LogP contribution in [0.25, 0.3) is 0 Å². The smallest absolute Gasteiger partial charge is 0.146 e. The second kappa shape index (κ2) is 9.61. The molecule has 33 heavy (non-hydrogen) atoms. The Kier molecular flexibility index (Phi) is 6.26. The number of hydrogen-bond acceptors (Lipinski definition) is 8. The summed E-state index contributed by atoms with van der Waals surface area (Å²) in [6, 6.07) is 23.4. The van der Waals surface area contributed by atoms with E-state index in [0.29, 0.717) is 17.8 Å². The highest BCUT2D eigenvalue weighted by atomic mass is 16.3. The zero-order chi connectivity index (χ0) is 23.2. The number of azo groups is 2. The lowest BCUT2D eigenvalue weighted by Crippen LogP contribution is -1.86. The highest BCUT2D eigenvalue weighted by molar-refractivity contribution is 5.55. The van der Waals surface area contributed by atoms with E-state index in [1.807, 2.05) is 48.5 Å². The van der Waals surface area contributed by atoms with Crippen LogP contribution in [-0.2, 0) is 6.42 Å². The summed E-state index contributed by atoms with van der Waals surface area (Å²) < 4.78 is 0. The molecule has 0 fully saturated rings. The fourth-order valence-corrected chi connectivity index (χ4v) is 3.01. The van der Waals surface area contributed by atoms with Gasteiger partial charge in [0.2, 0.25) is 0 Å². The second-order valence-electron chi connectivity index (χ2n) is 7.26. The average Bonchev–Trinajstić information content (AvgIpc) is 2.80. The molecule has 4 rings (SSSR count). The van der Waals surface area contributed by atoms with E-state index >= 15 is 0 Å². The molecule has 0 radical (unpaired) electrons. The van der Waals surface area contributed by atoms with E-state index in [4.69, 9.17) is 0 Å². The van der Waals surface area contributed by atoms with Gasteiger partial charge in [-0.2, -0.15) is 10.2 Å². The highest BCUT2D eigenvalue weighted by Crippen LogP contribution is 2.32. The Bertz CT molecular complexity index is 1210. The molecule has 0 heterocycles. The minimum absolute atomic E-state index is 0.0384. The van der Waals surface area contributed by atoms with Gasteiger partial charge < -0.3 is 20.4 Å². The third-order valence-corrected chi connectivity index (χ3v) is 4.75. The van der Waals surface area contributed by atoms with Crippen LogP contribution in [0.15, 0.2) is 105 Å². The van der Waals surface area contributed by atoms with E-state index < -0.39 is 0 Å². The lowest BCUT2D eigenvalue weighted by molar-refractivity contribution is 0.450. The predicted molar refractivity (Wildman–Crippen MR) is 124 cm³/mol. The minimum atomic E-state index is -0.141. The Morgan fingerprint density at radius 1 is 0.455 bits per heavy atom. The molecule has 0 aliphatic heterocycles. The summed E-state index contributed by atoms with van der Waals surface area (Å²) in [5.41, 5.74) is 4.00. The molecule has 4 aromatic carbocycles. The van der Waals surface area contributed by atoms with Crippen molar-refractivity contribution < 1.29 is 20.4 Å². The van der Waals surface area contributed by atoms with Crippen LogP contribution in [0.2, 0.25) is 0 Å². The van der Waals surface area contributed by atoms with Crippen molar-refractivity contribution >= 4 is 22.7 Å². The molecule has 4 N–H and O–H groups in total. The van der Waals surface area contributed by atoms with Crippen molar-refractivity contribution in [2.24, 2.45) is 20.5 Å². The first kappa shape index (κ1) is 21.5. The maximum absolute atomic E-state index is 9.76. The second-order valence-corrected chi connectivity index (χ2v) is 7.26. The van der Waals surface area contributed by atoms with Crippen LogP contribution in [0.3, 0.4) is 0 Å². The van der Waals surface area contributed by atoms with Gasteiger partial charge in [-0.05, 0) is 66.1 Å². The van der Waals surface area contributed by atoms with Crippen LogP contribution in [0.1, 0.15) is 11.1 Å². The van der Waals surface area contributed by atoms with Gasteiger partial charge in [-0.25, -0.2) is 0 Å². The fraction of sp³-hybridized carbons (Fsp3) is 0.0400. The topological polar surface area (TPSA) is 130 Å². The monoisotopic (exact) mass is 440 g/mol. The lowest BCUT2D eigenvalue weighted by atomic mass is 10.0. The van der Waals surface area contributed by atoms with Crippen LogP contribution in [0.5, 0.6) is 23.0 Å². The third-order valence-electron chi connectivity index (χ3n) is 4.75. The molecule has 8 nitrogen and oxygen atoms in total. The Hall–Kier alpha value is -4.72. The van der Waals surface area contributed by atoms with Crippen molar-refractivity contribution in [1.29, 1.82) is 0 Å². The van der Waals surface area contributed by atoms with Crippen LogP contribution in [0, 0.1) is 0 Å². The molecule has 0 aliphatic rings. The molecule has 0 bridgehead atoms. The van der Waals surface area contributed by atoms with Gasteiger partial charge in [0.25, 0.3) is 0 Å². The summed E-state index contributed by atoms with van der Waals surface area (Å²) in [5.74, 6) is -0.358. The number of rotatable bonds is 6. The molecule has 164 valence electrons. The van der Waals surface area contributed by atoms with Gasteiger partial charge in [-0.1, -0.05) is 24.3 Å². The summed E-state index contributed by atoms with van der Waals surface area (Å²) in [5, 5.41) is 54.4. The molecule has 0 amide bonds. The molecule has 4 aromatic rings. The van der Waals surface area contributed by atoms with E-state index in [2.05, 4.69) is 20.5 Å². The van der Waals surface area contributed by atoms with E-state index in [-0.39, 0.29) is 34.4 Å². The first-order valence-corrected chi connectivity index (χ1v) is 10.0. The summed E-state index contributed by atoms with van der Waals surface area (Å²) in [7, 11) is 0. The maximum atomic E-state index is 9.76. The zero-order valence-corrected chi connectivity index (χ0v) is 17.4.